The summed E-state index contributed by atoms with van der Waals surface area (Å²) in [5.41, 5.74) is 2.37. The summed E-state index contributed by atoms with van der Waals surface area (Å²) in [6.07, 6.45) is -0.566. The molecular weight excluding hydrogens is 312 g/mol. The number of aliphatic hydroxyl groups excluding tert-OH is 1. The molecule has 3 nitrogen and oxygen atoms in total. The fourth-order valence-electron chi connectivity index (χ4n) is 3.22. The van der Waals surface area contributed by atoms with Crippen LogP contribution in [0, 0.1) is 25.5 Å². The van der Waals surface area contributed by atoms with Crippen molar-refractivity contribution >= 4 is 5.91 Å². The summed E-state index contributed by atoms with van der Waals surface area (Å²) in [7, 11) is 0. The highest BCUT2D eigenvalue weighted by Crippen LogP contribution is 2.35. The maximum Gasteiger partial charge on any atom is 0.254 e. The van der Waals surface area contributed by atoms with E-state index in [2.05, 4.69) is 0 Å². The lowest BCUT2D eigenvalue weighted by Crippen LogP contribution is -2.32. The van der Waals surface area contributed by atoms with Gasteiger partial charge in [-0.2, -0.15) is 0 Å². The Bertz CT molecular complexity index is 791. The number of hydrogen-bond donors (Lipinski definition) is 1. The molecule has 2 unspecified atom stereocenters. The van der Waals surface area contributed by atoms with Crippen molar-refractivity contribution in [2.24, 2.45) is 0 Å². The van der Waals surface area contributed by atoms with E-state index in [1.54, 1.807) is 6.07 Å². The number of halogens is 2. The van der Waals surface area contributed by atoms with Crippen LogP contribution in [-0.4, -0.2) is 28.6 Å². The van der Waals surface area contributed by atoms with Crippen LogP contribution < -0.4 is 0 Å². The first-order chi connectivity index (χ1) is 11.4. The lowest BCUT2D eigenvalue weighted by molar-refractivity contribution is 0.0713. The normalized spacial score (nSPS) is 20.5. The Morgan fingerprint density at radius 3 is 2.67 bits per heavy atom. The van der Waals surface area contributed by atoms with Gasteiger partial charge in [0.1, 0.15) is 11.6 Å². The van der Waals surface area contributed by atoms with Gasteiger partial charge in [0.25, 0.3) is 5.91 Å². The molecule has 1 heterocycles. The standard InChI is InChI=1S/C19H19F2NO2/c1-11-3-4-12(2)15(7-11)19(24)22-10-14(23)9-18(22)16-8-13(20)5-6-17(16)21/h3-8,14,18,23H,9-10H2,1-2H3. The Morgan fingerprint density at radius 2 is 1.92 bits per heavy atom. The van der Waals surface area contributed by atoms with Crippen LogP contribution in [0.15, 0.2) is 36.4 Å². The molecule has 2 aromatic rings. The summed E-state index contributed by atoms with van der Waals surface area (Å²) < 4.78 is 27.7. The number of rotatable bonds is 2. The van der Waals surface area contributed by atoms with Gasteiger partial charge >= 0.3 is 0 Å². The second kappa shape index (κ2) is 6.32. The maximum atomic E-state index is 14.1. The molecule has 1 saturated heterocycles. The molecule has 1 aliphatic rings. The van der Waals surface area contributed by atoms with Gasteiger partial charge in [0.05, 0.1) is 12.1 Å². The molecule has 0 bridgehead atoms. The van der Waals surface area contributed by atoms with E-state index in [9.17, 15) is 18.7 Å². The number of aliphatic hydroxyl groups is 1. The minimum absolute atomic E-state index is 0.102. The van der Waals surface area contributed by atoms with Crippen LogP contribution in [-0.2, 0) is 0 Å². The molecule has 0 aromatic heterocycles. The van der Waals surface area contributed by atoms with Crippen molar-refractivity contribution in [1.29, 1.82) is 0 Å². The lowest BCUT2D eigenvalue weighted by Gasteiger charge is -2.26. The number of benzene rings is 2. The molecule has 1 amide bonds. The highest BCUT2D eigenvalue weighted by atomic mass is 19.1. The third kappa shape index (κ3) is 3.04. The van der Waals surface area contributed by atoms with Crippen molar-refractivity contribution in [3.8, 4) is 0 Å². The Hall–Kier alpha value is -2.27. The Kier molecular flexibility index (Phi) is 4.37. The van der Waals surface area contributed by atoms with E-state index in [-0.39, 0.29) is 24.4 Å². The van der Waals surface area contributed by atoms with Crippen LogP contribution in [0.3, 0.4) is 0 Å². The van der Waals surface area contributed by atoms with Crippen LogP contribution in [0.2, 0.25) is 0 Å². The van der Waals surface area contributed by atoms with Gasteiger partial charge in [0, 0.05) is 17.7 Å². The van der Waals surface area contributed by atoms with Gasteiger partial charge in [0.15, 0.2) is 0 Å². The van der Waals surface area contributed by atoms with Crippen LogP contribution >= 0.6 is 0 Å². The summed E-state index contributed by atoms with van der Waals surface area (Å²) in [6.45, 7) is 3.82. The highest BCUT2D eigenvalue weighted by Gasteiger charge is 2.37. The van der Waals surface area contributed by atoms with Crippen molar-refractivity contribution in [2.45, 2.75) is 32.4 Å². The van der Waals surface area contributed by atoms with E-state index < -0.39 is 23.8 Å². The van der Waals surface area contributed by atoms with Crippen molar-refractivity contribution in [3.63, 3.8) is 0 Å². The molecule has 2 aromatic carbocycles. The van der Waals surface area contributed by atoms with Gasteiger partial charge < -0.3 is 10.0 Å². The second-order valence-corrected chi connectivity index (χ2v) is 6.35. The summed E-state index contributed by atoms with van der Waals surface area (Å²) in [5, 5.41) is 10.0. The number of nitrogens with zero attached hydrogens (tertiary/aromatic N) is 1. The van der Waals surface area contributed by atoms with E-state index >= 15 is 0 Å². The topological polar surface area (TPSA) is 40.5 Å². The van der Waals surface area contributed by atoms with Crippen LogP contribution in [0.5, 0.6) is 0 Å². The van der Waals surface area contributed by atoms with Crippen molar-refractivity contribution in [3.05, 3.63) is 70.3 Å². The quantitative estimate of drug-likeness (QED) is 0.914. The van der Waals surface area contributed by atoms with Crippen molar-refractivity contribution in [2.75, 3.05) is 6.54 Å². The molecule has 126 valence electrons. The fourth-order valence-corrected chi connectivity index (χ4v) is 3.22. The van der Waals surface area contributed by atoms with Gasteiger partial charge in [-0.3, -0.25) is 4.79 Å². The molecule has 24 heavy (non-hydrogen) atoms. The minimum Gasteiger partial charge on any atom is -0.391 e. The molecule has 5 heteroatoms. The smallest absolute Gasteiger partial charge is 0.254 e. The van der Waals surface area contributed by atoms with Gasteiger partial charge in [-0.25, -0.2) is 8.78 Å². The predicted molar refractivity (Wildman–Crippen MR) is 86.7 cm³/mol. The summed E-state index contributed by atoms with van der Waals surface area (Å²) in [6, 6.07) is 8.06. The van der Waals surface area contributed by atoms with E-state index in [0.717, 1.165) is 29.3 Å². The zero-order valence-corrected chi connectivity index (χ0v) is 13.6. The van der Waals surface area contributed by atoms with E-state index in [0.29, 0.717) is 5.56 Å². The predicted octanol–water partition coefficient (Wildman–Crippen LogP) is 3.53. The van der Waals surface area contributed by atoms with E-state index in [4.69, 9.17) is 0 Å². The largest absolute Gasteiger partial charge is 0.391 e. The molecule has 3 rings (SSSR count). The van der Waals surface area contributed by atoms with Crippen LogP contribution in [0.25, 0.3) is 0 Å². The summed E-state index contributed by atoms with van der Waals surface area (Å²) in [4.78, 5) is 14.4. The number of aryl methyl sites for hydroxylation is 2. The van der Waals surface area contributed by atoms with Crippen molar-refractivity contribution < 1.29 is 18.7 Å². The van der Waals surface area contributed by atoms with Gasteiger partial charge in [-0.1, -0.05) is 17.7 Å². The van der Waals surface area contributed by atoms with E-state index in [1.807, 2.05) is 26.0 Å². The molecule has 1 fully saturated rings. The number of amides is 1. The second-order valence-electron chi connectivity index (χ2n) is 6.35. The number of carbonyl (C=O) groups excluding carboxylic acids is 1. The first kappa shape index (κ1) is 16.6. The Balaban J connectivity index is 2.00. The summed E-state index contributed by atoms with van der Waals surface area (Å²) >= 11 is 0. The summed E-state index contributed by atoms with van der Waals surface area (Å²) in [5.74, 6) is -1.41. The number of carbonyl (C=O) groups is 1. The first-order valence-corrected chi connectivity index (χ1v) is 7.88. The molecule has 0 spiro atoms. The molecule has 0 aliphatic carbocycles. The SMILES string of the molecule is Cc1ccc(C)c(C(=O)N2CC(O)CC2c2cc(F)ccc2F)c1. The Labute approximate surface area is 139 Å². The number of β-amino-alcohol motifs (C(OH)–C–C–N with tert-alkyl or cyclic N) is 1. The molecule has 0 radical (unpaired) electrons. The zero-order valence-electron chi connectivity index (χ0n) is 13.6. The third-order valence-electron chi connectivity index (χ3n) is 4.48. The molecule has 1 N–H and O–H groups in total. The highest BCUT2D eigenvalue weighted by molar-refractivity contribution is 5.96. The molecular formula is C19H19F2NO2. The number of hydrogen-bond acceptors (Lipinski definition) is 2. The maximum absolute atomic E-state index is 14.1. The minimum atomic E-state index is -0.758. The van der Waals surface area contributed by atoms with Gasteiger partial charge in [-0.05, 0) is 50.1 Å². The van der Waals surface area contributed by atoms with Gasteiger partial charge in [0.2, 0.25) is 0 Å². The number of likely N-dealkylation sites (tertiary alicyclic amines) is 1. The van der Waals surface area contributed by atoms with Crippen LogP contribution in [0.1, 0.15) is 39.5 Å². The van der Waals surface area contributed by atoms with Crippen molar-refractivity contribution in [1.82, 2.24) is 4.90 Å². The van der Waals surface area contributed by atoms with Crippen LogP contribution in [0.4, 0.5) is 8.78 Å². The average molecular weight is 331 g/mol. The molecule has 1 aliphatic heterocycles. The third-order valence-corrected chi connectivity index (χ3v) is 4.48. The zero-order chi connectivity index (χ0) is 17.4. The molecule has 0 saturated carbocycles. The monoisotopic (exact) mass is 331 g/mol. The lowest BCUT2D eigenvalue weighted by atomic mass is 10.0. The Morgan fingerprint density at radius 1 is 1.17 bits per heavy atom. The first-order valence-electron chi connectivity index (χ1n) is 7.88. The van der Waals surface area contributed by atoms with E-state index in [1.165, 1.54) is 4.90 Å². The van der Waals surface area contributed by atoms with Gasteiger partial charge in [-0.15, -0.1) is 0 Å². The fraction of sp³-hybridized carbons (Fsp3) is 0.316. The molecule has 2 atom stereocenters. The average Bonchev–Trinajstić information content (AvgIpc) is 2.93.